The van der Waals surface area contributed by atoms with Gasteiger partial charge in [-0.05, 0) is 158 Å². The highest BCUT2D eigenvalue weighted by molar-refractivity contribution is 5.80. The Kier molecular flexibility index (Phi) is 17.5. The van der Waals surface area contributed by atoms with E-state index in [9.17, 15) is 30.3 Å². The standard InChI is InChI=1S/C24H20N6O2.C18H18N4.C6H4N2O4.C2H4O2/c25-17-1-9-21(10-2-17)29(22-11-3-18(26)4-12-22)23-13-5-19(6-14-23)27-28-20-7-15-24(16-8-20)30(31)32;19-13-1-7-16(8-2-13)22(17-9-3-14(20)4-10-17)18-11-5-15(21)6-12-18;9-7(10)5-1-2-6(4-3-5)8(11)12;1-2(3)4/h1-16H,25-26H2;1-12H,19-21H2;1-4H;1H3,(H,3,4). The first kappa shape index (κ1) is 50.6. The molecule has 0 aromatic heterocycles. The molecule has 0 radical (unpaired) electrons. The first-order valence-electron chi connectivity index (χ1n) is 20.7. The molecule has 0 fully saturated rings. The highest BCUT2D eigenvalue weighted by Gasteiger charge is 2.14. The Morgan fingerprint density at radius 3 is 0.714 bits per heavy atom. The van der Waals surface area contributed by atoms with Gasteiger partial charge >= 0.3 is 0 Å². The molecule has 20 nitrogen and oxygen atoms in total. The van der Waals surface area contributed by atoms with E-state index >= 15 is 0 Å². The van der Waals surface area contributed by atoms with Crippen LogP contribution in [0.15, 0.2) is 204 Å². The fourth-order valence-corrected chi connectivity index (χ4v) is 6.13. The molecule has 8 rings (SSSR count). The lowest BCUT2D eigenvalue weighted by atomic mass is 10.1. The summed E-state index contributed by atoms with van der Waals surface area (Å²) in [6.07, 6.45) is 0. The number of non-ortho nitro benzene ring substituents is 3. The van der Waals surface area contributed by atoms with Crippen molar-refractivity contribution < 1.29 is 24.7 Å². The molecule has 0 aliphatic heterocycles. The van der Waals surface area contributed by atoms with E-state index in [1.807, 2.05) is 146 Å². The molecule has 11 N–H and O–H groups in total. The van der Waals surface area contributed by atoms with E-state index in [1.165, 1.54) is 12.1 Å². The Bertz CT molecular complexity index is 2820. The largest absolute Gasteiger partial charge is 0.481 e. The molecule has 0 heterocycles. The van der Waals surface area contributed by atoms with Crippen LogP contribution in [-0.4, -0.2) is 25.8 Å². The summed E-state index contributed by atoms with van der Waals surface area (Å²) < 4.78 is 0. The van der Waals surface area contributed by atoms with E-state index in [0.29, 0.717) is 22.7 Å². The van der Waals surface area contributed by atoms with E-state index in [1.54, 1.807) is 12.1 Å². The molecule has 0 spiro atoms. The van der Waals surface area contributed by atoms with Crippen LogP contribution in [0.2, 0.25) is 0 Å². The van der Waals surface area contributed by atoms with Gasteiger partial charge in [0.1, 0.15) is 0 Å². The van der Waals surface area contributed by atoms with Gasteiger partial charge in [-0.1, -0.05) is 0 Å². The zero-order valence-electron chi connectivity index (χ0n) is 37.3. The quantitative estimate of drug-likeness (QED) is 0.0304. The number of nitro groups is 3. The molecule has 354 valence electrons. The average Bonchev–Trinajstić information content (AvgIpc) is 3.35. The first-order valence-corrected chi connectivity index (χ1v) is 20.7. The van der Waals surface area contributed by atoms with Gasteiger partial charge < -0.3 is 43.6 Å². The molecule has 8 aromatic rings. The van der Waals surface area contributed by atoms with Crippen molar-refractivity contribution in [3.05, 3.63) is 224 Å². The highest BCUT2D eigenvalue weighted by Crippen LogP contribution is 2.37. The molecule has 20 heteroatoms. The molecule has 8 aromatic carbocycles. The minimum absolute atomic E-state index is 0.0127. The number of carboxylic acid groups (broad SMARTS) is 1. The van der Waals surface area contributed by atoms with E-state index in [4.69, 9.17) is 38.6 Å². The number of nitrogen functional groups attached to an aromatic ring is 5. The van der Waals surface area contributed by atoms with E-state index in [-0.39, 0.29) is 17.1 Å². The van der Waals surface area contributed by atoms with E-state index < -0.39 is 20.7 Å². The number of carboxylic acids is 1. The third-order valence-electron chi connectivity index (χ3n) is 9.48. The van der Waals surface area contributed by atoms with Crippen LogP contribution in [0, 0.1) is 30.3 Å². The van der Waals surface area contributed by atoms with Crippen molar-refractivity contribution >= 4 is 97.0 Å². The number of hydrogen-bond acceptors (Lipinski definition) is 16. The van der Waals surface area contributed by atoms with E-state index in [0.717, 1.165) is 82.4 Å². The van der Waals surface area contributed by atoms with Crippen LogP contribution >= 0.6 is 0 Å². The van der Waals surface area contributed by atoms with Crippen LogP contribution in [0.4, 0.5) is 91.0 Å². The number of anilines is 11. The molecular weight excluding hydrogens is 897 g/mol. The Morgan fingerprint density at radius 1 is 0.371 bits per heavy atom. The Balaban J connectivity index is 0.000000206. The van der Waals surface area contributed by atoms with Crippen molar-refractivity contribution in [2.24, 2.45) is 10.2 Å². The molecule has 0 saturated heterocycles. The van der Waals surface area contributed by atoms with Gasteiger partial charge in [-0.2, -0.15) is 10.2 Å². The van der Waals surface area contributed by atoms with Crippen LogP contribution in [0.5, 0.6) is 0 Å². The highest BCUT2D eigenvalue weighted by atomic mass is 16.6. The number of nitro benzene ring substituents is 3. The number of aliphatic carboxylic acids is 1. The third-order valence-corrected chi connectivity index (χ3v) is 9.48. The molecule has 70 heavy (non-hydrogen) atoms. The summed E-state index contributed by atoms with van der Waals surface area (Å²) in [6.45, 7) is 1.08. The van der Waals surface area contributed by atoms with Crippen LogP contribution in [0.3, 0.4) is 0 Å². The lowest BCUT2D eigenvalue weighted by Gasteiger charge is -2.25. The molecule has 0 atom stereocenters. The predicted octanol–water partition coefficient (Wildman–Crippen LogP) is 12.1. The fourth-order valence-electron chi connectivity index (χ4n) is 6.13. The zero-order chi connectivity index (χ0) is 50.7. The van der Waals surface area contributed by atoms with Gasteiger partial charge in [-0.3, -0.25) is 35.1 Å². The second-order valence-electron chi connectivity index (χ2n) is 14.7. The van der Waals surface area contributed by atoms with Crippen molar-refractivity contribution in [1.29, 1.82) is 0 Å². The van der Waals surface area contributed by atoms with Crippen molar-refractivity contribution in [2.45, 2.75) is 6.92 Å². The maximum Gasteiger partial charge on any atom is 0.300 e. The lowest BCUT2D eigenvalue weighted by molar-refractivity contribution is -0.389. The minimum Gasteiger partial charge on any atom is -0.481 e. The number of rotatable bonds is 11. The summed E-state index contributed by atoms with van der Waals surface area (Å²) >= 11 is 0. The molecular formula is C50H46N12O8. The number of benzene rings is 8. The number of azo groups is 1. The normalized spacial score (nSPS) is 10.2. The topological polar surface area (TPSA) is 328 Å². The smallest absolute Gasteiger partial charge is 0.300 e. The van der Waals surface area contributed by atoms with Gasteiger partial charge in [0.15, 0.2) is 0 Å². The van der Waals surface area contributed by atoms with Gasteiger partial charge in [0.05, 0.1) is 26.1 Å². The van der Waals surface area contributed by atoms with Crippen molar-refractivity contribution in [3.8, 4) is 0 Å². The van der Waals surface area contributed by atoms with Crippen molar-refractivity contribution in [1.82, 2.24) is 0 Å². The summed E-state index contributed by atoms with van der Waals surface area (Å²) in [5.74, 6) is -0.833. The summed E-state index contributed by atoms with van der Waals surface area (Å²) in [5, 5.41) is 46.8. The van der Waals surface area contributed by atoms with Crippen LogP contribution in [0.25, 0.3) is 0 Å². The second-order valence-corrected chi connectivity index (χ2v) is 14.7. The average molecular weight is 943 g/mol. The molecule has 0 aliphatic carbocycles. The monoisotopic (exact) mass is 942 g/mol. The Morgan fingerprint density at radius 2 is 0.529 bits per heavy atom. The van der Waals surface area contributed by atoms with Crippen molar-refractivity contribution in [2.75, 3.05) is 38.5 Å². The van der Waals surface area contributed by atoms with Crippen LogP contribution in [-0.2, 0) is 4.79 Å². The maximum absolute atomic E-state index is 10.8. The first-order chi connectivity index (χ1) is 33.5. The second kappa shape index (κ2) is 24.2. The molecule has 0 unspecified atom stereocenters. The van der Waals surface area contributed by atoms with Crippen LogP contribution < -0.4 is 38.5 Å². The van der Waals surface area contributed by atoms with Gasteiger partial charge in [0, 0.05) is 106 Å². The Labute approximate surface area is 400 Å². The van der Waals surface area contributed by atoms with Gasteiger partial charge in [0.25, 0.3) is 23.0 Å². The SMILES string of the molecule is CC(=O)O.Nc1ccc(N(c2ccc(N)cc2)c2ccc(N)cc2)cc1.Nc1ccc(N(c2ccc(N)cc2)c2ccc(N=Nc3ccc([N+](=O)[O-])cc3)cc2)cc1.O=[N+]([O-])c1ccc([N+](=O)[O-])cc1. The predicted molar refractivity (Wildman–Crippen MR) is 275 cm³/mol. The molecule has 0 aliphatic rings. The van der Waals surface area contributed by atoms with Gasteiger partial charge in [-0.25, -0.2) is 0 Å². The maximum atomic E-state index is 10.8. The van der Waals surface area contributed by atoms with E-state index in [2.05, 4.69) is 20.0 Å². The van der Waals surface area contributed by atoms with Crippen molar-refractivity contribution in [3.63, 3.8) is 0 Å². The zero-order valence-corrected chi connectivity index (χ0v) is 37.3. The summed E-state index contributed by atoms with van der Waals surface area (Å²) in [7, 11) is 0. The lowest BCUT2D eigenvalue weighted by Crippen LogP contribution is -2.10. The molecule has 0 saturated carbocycles. The Hall–Kier alpha value is -10.4. The summed E-state index contributed by atoms with van der Waals surface area (Å²) in [4.78, 5) is 42.5. The van der Waals surface area contributed by atoms with Gasteiger partial charge in [0.2, 0.25) is 0 Å². The van der Waals surface area contributed by atoms with Crippen LogP contribution in [0.1, 0.15) is 6.92 Å². The summed E-state index contributed by atoms with van der Waals surface area (Å²) in [6, 6.07) is 56.3. The fraction of sp³-hybridized carbons (Fsp3) is 0.0200. The minimum atomic E-state index is -0.833. The molecule has 0 amide bonds. The number of nitrogens with two attached hydrogens (primary N) is 5. The summed E-state index contributed by atoms with van der Waals surface area (Å²) in [5.41, 5.74) is 39.4. The number of nitrogens with zero attached hydrogens (tertiary/aromatic N) is 7. The third kappa shape index (κ3) is 15.1. The molecule has 0 bridgehead atoms. The number of hydrogen-bond donors (Lipinski definition) is 6. The van der Waals surface area contributed by atoms with Gasteiger partial charge in [-0.15, -0.1) is 0 Å². The number of carbonyl (C=O) groups is 1.